The highest BCUT2D eigenvalue weighted by atomic mass is 19.4. The van der Waals surface area contributed by atoms with Crippen LogP contribution in [0, 0.1) is 5.82 Å². The molecule has 15 heavy (non-hydrogen) atoms. The van der Waals surface area contributed by atoms with E-state index < -0.39 is 23.6 Å². The lowest BCUT2D eigenvalue weighted by Crippen LogP contribution is -2.26. The molecule has 0 aliphatic carbocycles. The number of nitrogens with one attached hydrogen (secondary N) is 1. The zero-order valence-corrected chi connectivity index (χ0v) is 7.90. The standard InChI is InChI=1S/C9H10F4N2/c1-5(15-14)7-3-2-6(4-8(7)10)9(11,12)13/h2-5,15H,14H2,1H3/t5-/m0/s1. The van der Waals surface area contributed by atoms with Gasteiger partial charge in [0.1, 0.15) is 5.82 Å². The topological polar surface area (TPSA) is 38.0 Å². The van der Waals surface area contributed by atoms with E-state index in [1.165, 1.54) is 0 Å². The minimum atomic E-state index is -4.53. The maximum Gasteiger partial charge on any atom is 0.416 e. The van der Waals surface area contributed by atoms with Gasteiger partial charge in [-0.3, -0.25) is 11.3 Å². The summed E-state index contributed by atoms with van der Waals surface area (Å²) in [6.45, 7) is 1.55. The molecule has 2 nitrogen and oxygen atoms in total. The highest BCUT2D eigenvalue weighted by molar-refractivity contribution is 5.28. The van der Waals surface area contributed by atoms with Crippen LogP contribution < -0.4 is 11.3 Å². The second kappa shape index (κ2) is 4.16. The summed E-state index contributed by atoms with van der Waals surface area (Å²) in [7, 11) is 0. The summed E-state index contributed by atoms with van der Waals surface area (Å²) in [6.07, 6.45) is -4.53. The smallest absolute Gasteiger partial charge is 0.271 e. The third-order valence-electron chi connectivity index (χ3n) is 2.04. The number of benzene rings is 1. The number of rotatable bonds is 2. The van der Waals surface area contributed by atoms with E-state index in [-0.39, 0.29) is 5.56 Å². The number of hydrogen-bond donors (Lipinski definition) is 2. The van der Waals surface area contributed by atoms with Gasteiger partial charge in [0.25, 0.3) is 0 Å². The number of nitrogens with two attached hydrogens (primary N) is 1. The second-order valence-corrected chi connectivity index (χ2v) is 3.12. The molecule has 84 valence electrons. The second-order valence-electron chi connectivity index (χ2n) is 3.12. The Labute approximate surface area is 84.0 Å². The summed E-state index contributed by atoms with van der Waals surface area (Å²) < 4.78 is 49.7. The van der Waals surface area contributed by atoms with Gasteiger partial charge < -0.3 is 0 Å². The third kappa shape index (κ3) is 2.66. The summed E-state index contributed by atoms with van der Waals surface area (Å²) in [5, 5.41) is 0. The molecule has 0 radical (unpaired) electrons. The summed E-state index contributed by atoms with van der Waals surface area (Å²) in [5.74, 6) is 4.14. The number of halogens is 4. The Balaban J connectivity index is 3.09. The predicted molar refractivity (Wildman–Crippen MR) is 47.1 cm³/mol. The van der Waals surface area contributed by atoms with E-state index in [4.69, 9.17) is 5.84 Å². The minimum Gasteiger partial charge on any atom is -0.271 e. The van der Waals surface area contributed by atoms with Gasteiger partial charge in [-0.15, -0.1) is 0 Å². The Morgan fingerprint density at radius 1 is 1.33 bits per heavy atom. The van der Waals surface area contributed by atoms with Gasteiger partial charge >= 0.3 is 6.18 Å². The molecule has 1 rings (SSSR count). The van der Waals surface area contributed by atoms with Crippen LogP contribution in [0.2, 0.25) is 0 Å². The van der Waals surface area contributed by atoms with Crippen molar-refractivity contribution in [3.63, 3.8) is 0 Å². The molecular weight excluding hydrogens is 212 g/mol. The summed E-state index contributed by atoms with van der Waals surface area (Å²) in [5.41, 5.74) is 1.35. The molecule has 0 saturated carbocycles. The molecule has 1 aromatic rings. The van der Waals surface area contributed by atoms with Gasteiger partial charge in [0.05, 0.1) is 5.56 Å². The summed E-state index contributed by atoms with van der Waals surface area (Å²) in [4.78, 5) is 0. The first-order valence-electron chi connectivity index (χ1n) is 4.19. The quantitative estimate of drug-likeness (QED) is 0.458. The fourth-order valence-corrected chi connectivity index (χ4v) is 1.14. The fraction of sp³-hybridized carbons (Fsp3) is 0.333. The van der Waals surface area contributed by atoms with Gasteiger partial charge in [-0.2, -0.15) is 13.2 Å². The van der Waals surface area contributed by atoms with E-state index in [1.54, 1.807) is 6.92 Å². The Bertz CT molecular complexity index is 348. The van der Waals surface area contributed by atoms with E-state index >= 15 is 0 Å². The molecule has 1 atom stereocenters. The molecule has 0 heterocycles. The average molecular weight is 222 g/mol. The molecule has 0 unspecified atom stereocenters. The van der Waals surface area contributed by atoms with Crippen LogP contribution in [0.15, 0.2) is 18.2 Å². The maximum absolute atomic E-state index is 13.2. The molecule has 6 heteroatoms. The monoisotopic (exact) mass is 222 g/mol. The molecule has 0 aliphatic rings. The van der Waals surface area contributed by atoms with Crippen LogP contribution in [-0.4, -0.2) is 0 Å². The van der Waals surface area contributed by atoms with Gasteiger partial charge in [-0.1, -0.05) is 6.07 Å². The molecular formula is C9H10F4N2. The zero-order chi connectivity index (χ0) is 11.6. The minimum absolute atomic E-state index is 0.102. The Morgan fingerprint density at radius 2 is 1.93 bits per heavy atom. The predicted octanol–water partition coefficient (Wildman–Crippen LogP) is 2.37. The lowest BCUT2D eigenvalue weighted by Gasteiger charge is -2.13. The Kier molecular flexibility index (Phi) is 3.31. The van der Waals surface area contributed by atoms with Gasteiger partial charge in [0.15, 0.2) is 0 Å². The molecule has 0 fully saturated rings. The SMILES string of the molecule is C[C@H](NN)c1ccc(C(F)(F)F)cc1F. The van der Waals surface area contributed by atoms with Crippen molar-refractivity contribution in [1.29, 1.82) is 0 Å². The van der Waals surface area contributed by atoms with E-state index in [1.807, 2.05) is 0 Å². The van der Waals surface area contributed by atoms with E-state index in [9.17, 15) is 17.6 Å². The van der Waals surface area contributed by atoms with Crippen LogP contribution in [0.3, 0.4) is 0 Å². The van der Waals surface area contributed by atoms with E-state index in [0.717, 1.165) is 12.1 Å². The highest BCUT2D eigenvalue weighted by Gasteiger charge is 2.31. The van der Waals surface area contributed by atoms with Gasteiger partial charge in [-0.25, -0.2) is 4.39 Å². The molecule has 3 N–H and O–H groups in total. The van der Waals surface area contributed by atoms with Crippen LogP contribution in [0.5, 0.6) is 0 Å². The van der Waals surface area contributed by atoms with Crippen LogP contribution in [0.25, 0.3) is 0 Å². The number of alkyl halides is 3. The highest BCUT2D eigenvalue weighted by Crippen LogP contribution is 2.31. The van der Waals surface area contributed by atoms with E-state index in [2.05, 4.69) is 5.43 Å². The van der Waals surface area contributed by atoms with Crippen molar-refractivity contribution < 1.29 is 17.6 Å². The molecule has 1 aromatic carbocycles. The lowest BCUT2D eigenvalue weighted by molar-refractivity contribution is -0.137. The fourth-order valence-electron chi connectivity index (χ4n) is 1.14. The molecule has 0 amide bonds. The normalized spacial score (nSPS) is 14.0. The zero-order valence-electron chi connectivity index (χ0n) is 7.90. The van der Waals surface area contributed by atoms with Gasteiger partial charge in [-0.05, 0) is 19.1 Å². The number of hydrazine groups is 1. The summed E-state index contributed by atoms with van der Waals surface area (Å²) in [6, 6.07) is 1.82. The van der Waals surface area contributed by atoms with Crippen LogP contribution in [0.1, 0.15) is 24.1 Å². The summed E-state index contributed by atoms with van der Waals surface area (Å²) >= 11 is 0. The van der Waals surface area contributed by atoms with Crippen LogP contribution in [-0.2, 0) is 6.18 Å². The van der Waals surface area contributed by atoms with Crippen LogP contribution in [0.4, 0.5) is 17.6 Å². The Hall–Kier alpha value is -1.14. The first-order chi connectivity index (χ1) is 6.86. The van der Waals surface area contributed by atoms with Crippen LogP contribution >= 0.6 is 0 Å². The van der Waals surface area contributed by atoms with Crippen molar-refractivity contribution in [3.05, 3.63) is 35.1 Å². The first-order valence-corrected chi connectivity index (χ1v) is 4.19. The first kappa shape index (κ1) is 11.9. The molecule has 0 bridgehead atoms. The maximum atomic E-state index is 13.2. The number of hydrogen-bond acceptors (Lipinski definition) is 2. The largest absolute Gasteiger partial charge is 0.416 e. The van der Waals surface area contributed by atoms with Crippen molar-refractivity contribution >= 4 is 0 Å². The van der Waals surface area contributed by atoms with Crippen molar-refractivity contribution in [3.8, 4) is 0 Å². The lowest BCUT2D eigenvalue weighted by atomic mass is 10.1. The van der Waals surface area contributed by atoms with Crippen molar-refractivity contribution in [2.24, 2.45) is 5.84 Å². The average Bonchev–Trinajstić information content (AvgIpc) is 2.15. The Morgan fingerprint density at radius 3 is 2.33 bits per heavy atom. The molecule has 0 spiro atoms. The van der Waals surface area contributed by atoms with Crippen molar-refractivity contribution in [2.75, 3.05) is 0 Å². The molecule has 0 aromatic heterocycles. The third-order valence-corrected chi connectivity index (χ3v) is 2.04. The van der Waals surface area contributed by atoms with Crippen molar-refractivity contribution in [1.82, 2.24) is 5.43 Å². The van der Waals surface area contributed by atoms with Gasteiger partial charge in [0.2, 0.25) is 0 Å². The van der Waals surface area contributed by atoms with Crippen molar-refractivity contribution in [2.45, 2.75) is 19.1 Å². The van der Waals surface area contributed by atoms with Gasteiger partial charge in [0, 0.05) is 11.6 Å². The van der Waals surface area contributed by atoms with E-state index in [0.29, 0.717) is 6.07 Å². The molecule has 0 aliphatic heterocycles. The molecule has 0 saturated heterocycles.